The van der Waals surface area contributed by atoms with Gasteiger partial charge in [-0.25, -0.2) is 4.79 Å². The van der Waals surface area contributed by atoms with E-state index >= 15 is 0 Å². The molecule has 0 aliphatic carbocycles. The number of amides is 1. The standard InChI is InChI=1S/C15H16ClN3O3/c1-9(15(21)22-3)17-14(20)13-8-12(18-19(13)2)10-6-4-5-7-11(10)16/h4-9H,1-3H3,(H,17,20)/t9-/m0/s1. The Kier molecular flexibility index (Phi) is 4.82. The van der Waals surface area contributed by atoms with Crippen LogP contribution in [0, 0.1) is 0 Å². The summed E-state index contributed by atoms with van der Waals surface area (Å²) in [5, 5.41) is 7.40. The highest BCUT2D eigenvalue weighted by atomic mass is 35.5. The average molecular weight is 322 g/mol. The maximum absolute atomic E-state index is 12.2. The Morgan fingerprint density at radius 3 is 2.68 bits per heavy atom. The van der Waals surface area contributed by atoms with Crippen molar-refractivity contribution in [3.63, 3.8) is 0 Å². The van der Waals surface area contributed by atoms with Gasteiger partial charge in [0, 0.05) is 12.6 Å². The second-order valence-electron chi connectivity index (χ2n) is 4.74. The zero-order chi connectivity index (χ0) is 16.3. The molecule has 0 aliphatic heterocycles. The van der Waals surface area contributed by atoms with Gasteiger partial charge in [0.05, 0.1) is 17.8 Å². The zero-order valence-corrected chi connectivity index (χ0v) is 13.2. The maximum Gasteiger partial charge on any atom is 0.328 e. The maximum atomic E-state index is 12.2. The highest BCUT2D eigenvalue weighted by Crippen LogP contribution is 2.26. The monoisotopic (exact) mass is 321 g/mol. The van der Waals surface area contributed by atoms with E-state index in [9.17, 15) is 9.59 Å². The molecule has 2 rings (SSSR count). The first kappa shape index (κ1) is 16.0. The first-order valence-corrected chi connectivity index (χ1v) is 6.99. The van der Waals surface area contributed by atoms with Crippen LogP contribution < -0.4 is 5.32 Å². The lowest BCUT2D eigenvalue weighted by Crippen LogP contribution is -2.39. The molecule has 0 radical (unpaired) electrons. The Morgan fingerprint density at radius 1 is 1.36 bits per heavy atom. The van der Waals surface area contributed by atoms with Gasteiger partial charge in [-0.15, -0.1) is 0 Å². The van der Waals surface area contributed by atoms with Gasteiger partial charge in [0.1, 0.15) is 11.7 Å². The van der Waals surface area contributed by atoms with E-state index in [2.05, 4.69) is 15.2 Å². The van der Waals surface area contributed by atoms with Gasteiger partial charge in [-0.3, -0.25) is 9.48 Å². The molecule has 7 heteroatoms. The molecule has 1 amide bonds. The van der Waals surface area contributed by atoms with Gasteiger partial charge in [0.15, 0.2) is 0 Å². The predicted octanol–water partition coefficient (Wildman–Crippen LogP) is 2.03. The number of nitrogens with one attached hydrogen (secondary N) is 1. The molecule has 22 heavy (non-hydrogen) atoms. The van der Waals surface area contributed by atoms with Crippen LogP contribution in [0.15, 0.2) is 30.3 Å². The third-order valence-corrected chi connectivity index (χ3v) is 3.49. The van der Waals surface area contributed by atoms with Crippen molar-refractivity contribution in [3.05, 3.63) is 41.0 Å². The van der Waals surface area contributed by atoms with E-state index in [1.807, 2.05) is 18.2 Å². The van der Waals surface area contributed by atoms with Crippen molar-refractivity contribution in [1.82, 2.24) is 15.1 Å². The molecule has 1 atom stereocenters. The summed E-state index contributed by atoms with van der Waals surface area (Å²) in [4.78, 5) is 23.6. The predicted molar refractivity (Wildman–Crippen MR) is 82.6 cm³/mol. The van der Waals surface area contributed by atoms with Crippen LogP contribution in [0.25, 0.3) is 11.3 Å². The van der Waals surface area contributed by atoms with Crippen LogP contribution in [0.1, 0.15) is 17.4 Å². The van der Waals surface area contributed by atoms with E-state index in [1.165, 1.54) is 11.8 Å². The minimum absolute atomic E-state index is 0.325. The number of hydrogen-bond acceptors (Lipinski definition) is 4. The van der Waals surface area contributed by atoms with Crippen LogP contribution in [0.4, 0.5) is 0 Å². The molecule has 0 bridgehead atoms. The molecule has 0 spiro atoms. The molecule has 2 aromatic rings. The number of rotatable bonds is 4. The van der Waals surface area contributed by atoms with E-state index in [4.69, 9.17) is 11.6 Å². The molecule has 1 heterocycles. The largest absolute Gasteiger partial charge is 0.467 e. The summed E-state index contributed by atoms with van der Waals surface area (Å²) < 4.78 is 6.02. The quantitative estimate of drug-likeness (QED) is 0.875. The van der Waals surface area contributed by atoms with Crippen LogP contribution in [0.3, 0.4) is 0 Å². The van der Waals surface area contributed by atoms with Crippen molar-refractivity contribution >= 4 is 23.5 Å². The van der Waals surface area contributed by atoms with Crippen LogP contribution in [0.2, 0.25) is 5.02 Å². The Morgan fingerprint density at radius 2 is 2.05 bits per heavy atom. The third kappa shape index (κ3) is 3.28. The number of nitrogens with zero attached hydrogens (tertiary/aromatic N) is 2. The molecule has 0 fully saturated rings. The molecule has 0 saturated heterocycles. The first-order valence-electron chi connectivity index (χ1n) is 6.61. The number of methoxy groups -OCH3 is 1. The van der Waals surface area contributed by atoms with Gasteiger partial charge < -0.3 is 10.1 Å². The van der Waals surface area contributed by atoms with E-state index in [0.717, 1.165) is 5.56 Å². The second-order valence-corrected chi connectivity index (χ2v) is 5.14. The first-order chi connectivity index (χ1) is 10.4. The van der Waals surface area contributed by atoms with Crippen molar-refractivity contribution in [3.8, 4) is 11.3 Å². The summed E-state index contributed by atoms with van der Waals surface area (Å²) in [7, 11) is 2.92. The number of esters is 1. The normalized spacial score (nSPS) is 11.8. The lowest BCUT2D eigenvalue weighted by Gasteiger charge is -2.11. The third-order valence-electron chi connectivity index (χ3n) is 3.16. The molecule has 0 saturated carbocycles. The molecule has 0 aliphatic rings. The summed E-state index contributed by atoms with van der Waals surface area (Å²) in [6.45, 7) is 1.55. The van der Waals surface area contributed by atoms with E-state index in [0.29, 0.717) is 16.4 Å². The van der Waals surface area contributed by atoms with Crippen molar-refractivity contribution in [2.24, 2.45) is 7.05 Å². The van der Waals surface area contributed by atoms with Crippen molar-refractivity contribution in [1.29, 1.82) is 0 Å². The smallest absolute Gasteiger partial charge is 0.328 e. The van der Waals surface area contributed by atoms with Gasteiger partial charge >= 0.3 is 5.97 Å². The van der Waals surface area contributed by atoms with Crippen molar-refractivity contribution < 1.29 is 14.3 Å². The summed E-state index contributed by atoms with van der Waals surface area (Å²) in [5.41, 5.74) is 1.65. The van der Waals surface area contributed by atoms with Crippen LogP contribution >= 0.6 is 11.6 Å². The lowest BCUT2D eigenvalue weighted by molar-refractivity contribution is -0.142. The Bertz CT molecular complexity index is 712. The number of ether oxygens (including phenoxy) is 1. The van der Waals surface area contributed by atoms with Gasteiger partial charge in [0.2, 0.25) is 0 Å². The fourth-order valence-corrected chi connectivity index (χ4v) is 2.22. The van der Waals surface area contributed by atoms with Gasteiger partial charge in [-0.2, -0.15) is 5.10 Å². The zero-order valence-electron chi connectivity index (χ0n) is 12.5. The van der Waals surface area contributed by atoms with Crippen LogP contribution in [-0.2, 0) is 16.6 Å². The minimum atomic E-state index is -0.740. The van der Waals surface area contributed by atoms with Crippen LogP contribution in [0.5, 0.6) is 0 Å². The van der Waals surface area contributed by atoms with Gasteiger partial charge in [-0.1, -0.05) is 29.8 Å². The Balaban J connectivity index is 2.25. The molecule has 6 nitrogen and oxygen atoms in total. The molecule has 1 aromatic carbocycles. The highest BCUT2D eigenvalue weighted by Gasteiger charge is 2.20. The number of carbonyl (C=O) groups is 2. The SMILES string of the molecule is COC(=O)[C@H](C)NC(=O)c1cc(-c2ccccc2Cl)nn1C. The van der Waals surface area contributed by atoms with Gasteiger partial charge in [0.25, 0.3) is 5.91 Å². The van der Waals surface area contributed by atoms with E-state index in [-0.39, 0.29) is 0 Å². The van der Waals surface area contributed by atoms with E-state index in [1.54, 1.807) is 26.1 Å². The number of benzene rings is 1. The fourth-order valence-electron chi connectivity index (χ4n) is 1.99. The van der Waals surface area contributed by atoms with E-state index < -0.39 is 17.9 Å². The molecular weight excluding hydrogens is 306 g/mol. The highest BCUT2D eigenvalue weighted by molar-refractivity contribution is 6.33. The number of aryl methyl sites for hydroxylation is 1. The second kappa shape index (κ2) is 6.62. The molecule has 0 unspecified atom stereocenters. The summed E-state index contributed by atoms with van der Waals surface area (Å²) in [6, 6.07) is 8.13. The Labute approximate surface area is 133 Å². The molecule has 1 N–H and O–H groups in total. The topological polar surface area (TPSA) is 73.2 Å². The molecule has 116 valence electrons. The molecular formula is C15H16ClN3O3. The molecule has 1 aromatic heterocycles. The fraction of sp³-hybridized carbons (Fsp3) is 0.267. The van der Waals surface area contributed by atoms with Gasteiger partial charge in [-0.05, 0) is 19.1 Å². The van der Waals surface area contributed by atoms with Crippen LogP contribution in [-0.4, -0.2) is 34.8 Å². The number of hydrogen-bond donors (Lipinski definition) is 1. The number of aromatic nitrogens is 2. The lowest BCUT2D eigenvalue weighted by atomic mass is 10.1. The van der Waals surface area contributed by atoms with Crippen molar-refractivity contribution in [2.45, 2.75) is 13.0 Å². The average Bonchev–Trinajstić information content (AvgIpc) is 2.88. The minimum Gasteiger partial charge on any atom is -0.467 e. The number of carbonyl (C=O) groups excluding carboxylic acids is 2. The number of halogens is 1. The summed E-state index contributed by atoms with van der Waals surface area (Å²) in [6.07, 6.45) is 0. The summed E-state index contributed by atoms with van der Waals surface area (Å²) >= 11 is 6.13. The van der Waals surface area contributed by atoms with Crippen molar-refractivity contribution in [2.75, 3.05) is 7.11 Å². The Hall–Kier alpha value is -2.34. The summed E-state index contributed by atoms with van der Waals surface area (Å²) in [5.74, 6) is -0.923.